The van der Waals surface area contributed by atoms with Crippen LogP contribution in [0.15, 0.2) is 18.2 Å². The Hall–Kier alpha value is -0.290. The van der Waals surface area contributed by atoms with E-state index in [9.17, 15) is 8.42 Å². The van der Waals surface area contributed by atoms with Crippen molar-refractivity contribution in [2.24, 2.45) is 0 Å². The Bertz CT molecular complexity index is 525. The molecule has 0 aliphatic carbocycles. The summed E-state index contributed by atoms with van der Waals surface area (Å²) in [6.07, 6.45) is 2.47. The van der Waals surface area contributed by atoms with Gasteiger partial charge in [0.1, 0.15) is 0 Å². The van der Waals surface area contributed by atoms with E-state index in [4.69, 9.17) is 22.3 Å². The van der Waals surface area contributed by atoms with E-state index in [1.807, 2.05) is 6.07 Å². The number of hydrogen-bond acceptors (Lipinski definition) is 3. The van der Waals surface area contributed by atoms with E-state index in [-0.39, 0.29) is 5.75 Å². The summed E-state index contributed by atoms with van der Waals surface area (Å²) in [5.74, 6) is -0.182. The van der Waals surface area contributed by atoms with E-state index in [1.54, 1.807) is 12.1 Å². The SMILES string of the molecule is O=S(=O)(Cl)Cc1ccc(CN2CCCC2)c(Cl)c1. The minimum absolute atomic E-state index is 0.182. The lowest BCUT2D eigenvalue weighted by Gasteiger charge is -2.15. The van der Waals surface area contributed by atoms with E-state index in [2.05, 4.69) is 4.90 Å². The zero-order valence-electron chi connectivity index (χ0n) is 9.90. The van der Waals surface area contributed by atoms with E-state index in [0.29, 0.717) is 10.6 Å². The van der Waals surface area contributed by atoms with Gasteiger partial charge in [-0.15, -0.1) is 0 Å². The highest BCUT2D eigenvalue weighted by molar-refractivity contribution is 8.13. The lowest BCUT2D eigenvalue weighted by Crippen LogP contribution is -2.18. The number of likely N-dealkylation sites (tertiary alicyclic amines) is 1. The smallest absolute Gasteiger partial charge is 0.236 e. The molecule has 1 saturated heterocycles. The molecule has 1 heterocycles. The highest BCUT2D eigenvalue weighted by Crippen LogP contribution is 2.23. The predicted octanol–water partition coefficient (Wildman–Crippen LogP) is 3.00. The molecule has 0 atom stereocenters. The van der Waals surface area contributed by atoms with Gasteiger partial charge < -0.3 is 0 Å². The predicted molar refractivity (Wildman–Crippen MR) is 74.4 cm³/mol. The van der Waals surface area contributed by atoms with Crippen LogP contribution in [0.2, 0.25) is 5.02 Å². The molecular weight excluding hydrogens is 293 g/mol. The minimum atomic E-state index is -3.53. The molecule has 0 unspecified atom stereocenters. The lowest BCUT2D eigenvalue weighted by molar-refractivity contribution is 0.331. The molecule has 0 aromatic heterocycles. The summed E-state index contributed by atoms with van der Waals surface area (Å²) in [5, 5.41) is 0.611. The maximum atomic E-state index is 11.0. The van der Waals surface area contributed by atoms with Gasteiger partial charge in [-0.3, -0.25) is 4.90 Å². The van der Waals surface area contributed by atoms with Gasteiger partial charge in [0.05, 0.1) is 5.75 Å². The first kappa shape index (κ1) is 14.1. The number of hydrogen-bond donors (Lipinski definition) is 0. The Morgan fingerprint density at radius 2 is 1.89 bits per heavy atom. The van der Waals surface area contributed by atoms with Crippen molar-refractivity contribution in [3.63, 3.8) is 0 Å². The summed E-state index contributed by atoms with van der Waals surface area (Å²) in [4.78, 5) is 2.35. The molecular formula is C12H15Cl2NO2S. The third kappa shape index (κ3) is 4.12. The number of rotatable bonds is 4. The highest BCUT2D eigenvalue weighted by atomic mass is 35.7. The van der Waals surface area contributed by atoms with Crippen LogP contribution in [-0.4, -0.2) is 26.4 Å². The summed E-state index contributed by atoms with van der Waals surface area (Å²) in [5.41, 5.74) is 1.66. The maximum Gasteiger partial charge on any atom is 0.236 e. The van der Waals surface area contributed by atoms with Crippen LogP contribution < -0.4 is 0 Å². The molecule has 0 N–H and O–H groups in total. The summed E-state index contributed by atoms with van der Waals surface area (Å²) in [6.45, 7) is 3.04. The van der Waals surface area contributed by atoms with Gasteiger partial charge in [0.25, 0.3) is 0 Å². The van der Waals surface area contributed by atoms with E-state index in [1.165, 1.54) is 12.8 Å². The van der Waals surface area contributed by atoms with Crippen LogP contribution in [0.4, 0.5) is 0 Å². The molecule has 1 aliphatic rings. The Labute approximate surface area is 117 Å². The van der Waals surface area contributed by atoms with Gasteiger partial charge in [0.2, 0.25) is 9.05 Å². The topological polar surface area (TPSA) is 37.4 Å². The molecule has 0 amide bonds. The third-order valence-electron chi connectivity index (χ3n) is 3.05. The summed E-state index contributed by atoms with van der Waals surface area (Å²) in [7, 11) is 1.69. The average molecular weight is 308 g/mol. The van der Waals surface area contributed by atoms with Gasteiger partial charge in [-0.1, -0.05) is 23.7 Å². The number of halogens is 2. The van der Waals surface area contributed by atoms with Crippen molar-refractivity contribution in [3.8, 4) is 0 Å². The van der Waals surface area contributed by atoms with Crippen LogP contribution in [0.1, 0.15) is 24.0 Å². The fourth-order valence-electron chi connectivity index (χ4n) is 2.19. The van der Waals surface area contributed by atoms with Crippen LogP contribution in [0.25, 0.3) is 0 Å². The Morgan fingerprint density at radius 3 is 2.44 bits per heavy atom. The van der Waals surface area contributed by atoms with Gasteiger partial charge in [-0.2, -0.15) is 0 Å². The van der Waals surface area contributed by atoms with Gasteiger partial charge in [-0.05, 0) is 43.1 Å². The fourth-order valence-corrected chi connectivity index (χ4v) is 3.41. The van der Waals surface area contributed by atoms with Crippen LogP contribution in [0.5, 0.6) is 0 Å². The zero-order chi connectivity index (χ0) is 13.2. The van der Waals surface area contributed by atoms with Crippen LogP contribution in [0, 0.1) is 0 Å². The molecule has 1 aromatic rings. The van der Waals surface area contributed by atoms with Crippen molar-refractivity contribution < 1.29 is 8.42 Å². The van der Waals surface area contributed by atoms with Crippen molar-refractivity contribution in [3.05, 3.63) is 34.3 Å². The first-order chi connectivity index (χ1) is 8.44. The standard InChI is InChI=1S/C12H15Cl2NO2S/c13-12-7-10(9-18(14,16)17)3-4-11(12)8-15-5-1-2-6-15/h3-4,7H,1-2,5-6,8-9H2. The van der Waals surface area contributed by atoms with E-state index < -0.39 is 9.05 Å². The molecule has 0 radical (unpaired) electrons. The van der Waals surface area contributed by atoms with Crippen LogP contribution >= 0.6 is 22.3 Å². The third-order valence-corrected chi connectivity index (χ3v) is 4.41. The normalized spacial score (nSPS) is 17.2. The summed E-state index contributed by atoms with van der Waals surface area (Å²) >= 11 is 6.17. The van der Waals surface area contributed by atoms with Gasteiger partial charge in [-0.25, -0.2) is 8.42 Å². The van der Waals surface area contributed by atoms with Gasteiger partial charge >= 0.3 is 0 Å². The maximum absolute atomic E-state index is 11.0. The molecule has 100 valence electrons. The quantitative estimate of drug-likeness (QED) is 0.803. The van der Waals surface area contributed by atoms with Crippen molar-refractivity contribution in [1.29, 1.82) is 0 Å². The fraction of sp³-hybridized carbons (Fsp3) is 0.500. The van der Waals surface area contributed by atoms with E-state index in [0.717, 1.165) is 25.2 Å². The lowest BCUT2D eigenvalue weighted by atomic mass is 10.1. The average Bonchev–Trinajstić information content (AvgIpc) is 2.72. The second kappa shape index (κ2) is 5.78. The molecule has 0 spiro atoms. The molecule has 3 nitrogen and oxygen atoms in total. The Balaban J connectivity index is 2.09. The molecule has 1 aromatic carbocycles. The molecule has 1 fully saturated rings. The Morgan fingerprint density at radius 1 is 1.22 bits per heavy atom. The second-order valence-electron chi connectivity index (χ2n) is 4.59. The molecule has 18 heavy (non-hydrogen) atoms. The number of nitrogens with zero attached hydrogens (tertiary/aromatic N) is 1. The van der Waals surface area contributed by atoms with Crippen LogP contribution in [-0.2, 0) is 21.3 Å². The van der Waals surface area contributed by atoms with E-state index >= 15 is 0 Å². The van der Waals surface area contributed by atoms with Gasteiger partial charge in [0.15, 0.2) is 0 Å². The molecule has 2 rings (SSSR count). The van der Waals surface area contributed by atoms with Crippen molar-refractivity contribution >= 4 is 31.3 Å². The van der Waals surface area contributed by atoms with Crippen molar-refractivity contribution in [2.75, 3.05) is 13.1 Å². The molecule has 1 aliphatic heterocycles. The molecule has 0 bridgehead atoms. The first-order valence-electron chi connectivity index (χ1n) is 5.86. The molecule has 6 heteroatoms. The largest absolute Gasteiger partial charge is 0.299 e. The van der Waals surface area contributed by atoms with Crippen LogP contribution in [0.3, 0.4) is 0 Å². The highest BCUT2D eigenvalue weighted by Gasteiger charge is 2.14. The summed E-state index contributed by atoms with van der Waals surface area (Å²) in [6, 6.07) is 5.35. The first-order valence-corrected chi connectivity index (χ1v) is 8.72. The minimum Gasteiger partial charge on any atom is -0.299 e. The second-order valence-corrected chi connectivity index (χ2v) is 7.78. The van der Waals surface area contributed by atoms with Crippen molar-refractivity contribution in [2.45, 2.75) is 25.1 Å². The Kier molecular flexibility index (Phi) is 4.54. The summed E-state index contributed by atoms with van der Waals surface area (Å²) < 4.78 is 22.0. The van der Waals surface area contributed by atoms with Crippen molar-refractivity contribution in [1.82, 2.24) is 4.90 Å². The number of benzene rings is 1. The monoisotopic (exact) mass is 307 g/mol. The molecule has 0 saturated carbocycles. The zero-order valence-corrected chi connectivity index (χ0v) is 12.2. The van der Waals surface area contributed by atoms with Gasteiger partial charge in [0, 0.05) is 22.2 Å².